The molecule has 4 heteroatoms. The van der Waals surface area contributed by atoms with Gasteiger partial charge in [0.2, 0.25) is 0 Å². The van der Waals surface area contributed by atoms with Crippen LogP contribution in [0.1, 0.15) is 33.1 Å². The quantitative estimate of drug-likeness (QED) is 0.784. The molecule has 2 saturated heterocycles. The summed E-state index contributed by atoms with van der Waals surface area (Å²) in [6, 6.07) is 0. The third-order valence-corrected chi connectivity index (χ3v) is 5.15. The highest BCUT2D eigenvalue weighted by Gasteiger charge is 2.43. The fraction of sp³-hybridized carbons (Fsp3) is 1.00. The van der Waals surface area contributed by atoms with E-state index in [4.69, 9.17) is 0 Å². The van der Waals surface area contributed by atoms with Crippen LogP contribution in [0.15, 0.2) is 0 Å². The molecule has 0 amide bonds. The molecular formula is C13H26N2OS. The Morgan fingerprint density at radius 1 is 1.18 bits per heavy atom. The molecule has 0 aromatic carbocycles. The third-order valence-electron chi connectivity index (χ3n) is 4.32. The predicted molar refractivity (Wildman–Crippen MR) is 73.8 cm³/mol. The van der Waals surface area contributed by atoms with Crippen molar-refractivity contribution >= 4 is 11.9 Å². The molecule has 0 radical (unpaired) electrons. The highest BCUT2D eigenvalue weighted by Crippen LogP contribution is 2.41. The van der Waals surface area contributed by atoms with Crippen LogP contribution in [0.4, 0.5) is 0 Å². The van der Waals surface area contributed by atoms with Gasteiger partial charge in [-0.3, -0.25) is 9.21 Å². The van der Waals surface area contributed by atoms with Gasteiger partial charge < -0.3 is 5.11 Å². The zero-order valence-electron chi connectivity index (χ0n) is 11.4. The molecule has 17 heavy (non-hydrogen) atoms. The van der Waals surface area contributed by atoms with Gasteiger partial charge in [-0.1, -0.05) is 25.8 Å². The Hall–Kier alpha value is 0.230. The lowest BCUT2D eigenvalue weighted by atomic mass is 9.80. The van der Waals surface area contributed by atoms with Crippen molar-refractivity contribution in [3.8, 4) is 0 Å². The van der Waals surface area contributed by atoms with Crippen molar-refractivity contribution in [2.24, 2.45) is 11.3 Å². The Labute approximate surface area is 110 Å². The van der Waals surface area contributed by atoms with Crippen LogP contribution in [0.2, 0.25) is 0 Å². The van der Waals surface area contributed by atoms with Crippen LogP contribution in [0.3, 0.4) is 0 Å². The highest BCUT2D eigenvalue weighted by molar-refractivity contribution is 7.96. The lowest BCUT2D eigenvalue weighted by Gasteiger charge is -2.40. The molecule has 100 valence electrons. The Bertz CT molecular complexity index is 262. The monoisotopic (exact) mass is 258 g/mol. The van der Waals surface area contributed by atoms with E-state index in [9.17, 15) is 5.11 Å². The lowest BCUT2D eigenvalue weighted by molar-refractivity contribution is -0.0246. The van der Waals surface area contributed by atoms with Crippen molar-refractivity contribution in [3.63, 3.8) is 0 Å². The van der Waals surface area contributed by atoms with Gasteiger partial charge in [-0.2, -0.15) is 0 Å². The van der Waals surface area contributed by atoms with Gasteiger partial charge in [-0.25, -0.2) is 0 Å². The predicted octanol–water partition coefficient (Wildman–Crippen LogP) is 2.03. The Kier molecular flexibility index (Phi) is 4.40. The van der Waals surface area contributed by atoms with E-state index in [0.29, 0.717) is 11.3 Å². The molecule has 0 aromatic heterocycles. The van der Waals surface area contributed by atoms with Gasteiger partial charge >= 0.3 is 0 Å². The van der Waals surface area contributed by atoms with Crippen molar-refractivity contribution < 1.29 is 5.11 Å². The van der Waals surface area contributed by atoms with Gasteiger partial charge in [0.1, 0.15) is 6.23 Å². The van der Waals surface area contributed by atoms with E-state index in [1.807, 2.05) is 11.9 Å². The zero-order valence-corrected chi connectivity index (χ0v) is 12.2. The second-order valence-corrected chi connectivity index (χ2v) is 6.91. The van der Waals surface area contributed by atoms with Crippen molar-refractivity contribution in [1.82, 2.24) is 9.21 Å². The minimum absolute atomic E-state index is 0.251. The van der Waals surface area contributed by atoms with Crippen LogP contribution >= 0.6 is 11.9 Å². The SMILES string of the molecule is CSN1CCCC2(CCN(C(O)C(C)C)C2)C1. The third kappa shape index (κ3) is 2.98. The summed E-state index contributed by atoms with van der Waals surface area (Å²) in [6.07, 6.45) is 5.83. The van der Waals surface area contributed by atoms with E-state index in [1.54, 1.807) is 0 Å². The minimum Gasteiger partial charge on any atom is -0.378 e. The molecule has 0 aromatic rings. The van der Waals surface area contributed by atoms with Crippen molar-refractivity contribution in [2.45, 2.75) is 39.3 Å². The average Bonchev–Trinajstić information content (AvgIpc) is 2.71. The van der Waals surface area contributed by atoms with Crippen LogP contribution in [0, 0.1) is 11.3 Å². The van der Waals surface area contributed by atoms with E-state index in [0.717, 1.165) is 13.1 Å². The number of nitrogens with zero attached hydrogens (tertiary/aromatic N) is 2. The summed E-state index contributed by atoms with van der Waals surface area (Å²) in [7, 11) is 0. The number of aliphatic hydroxyl groups excluding tert-OH is 1. The van der Waals surface area contributed by atoms with Crippen LogP contribution in [0.25, 0.3) is 0 Å². The second-order valence-electron chi connectivity index (χ2n) is 6.03. The van der Waals surface area contributed by atoms with Crippen LogP contribution < -0.4 is 0 Å². The van der Waals surface area contributed by atoms with Crippen LogP contribution in [-0.2, 0) is 0 Å². The molecule has 2 aliphatic heterocycles. The van der Waals surface area contributed by atoms with Crippen molar-refractivity contribution in [2.75, 3.05) is 32.4 Å². The number of likely N-dealkylation sites (tertiary alicyclic amines) is 1. The number of piperidine rings is 1. The fourth-order valence-corrected chi connectivity index (χ4v) is 3.98. The largest absolute Gasteiger partial charge is 0.378 e. The molecule has 2 aliphatic rings. The van der Waals surface area contributed by atoms with Gasteiger partial charge in [0.15, 0.2) is 0 Å². The maximum atomic E-state index is 10.2. The van der Waals surface area contributed by atoms with Crippen LogP contribution in [0.5, 0.6) is 0 Å². The molecule has 2 unspecified atom stereocenters. The van der Waals surface area contributed by atoms with Gasteiger partial charge in [-0.05, 0) is 36.9 Å². The molecular weight excluding hydrogens is 232 g/mol. The molecule has 2 rings (SSSR count). The smallest absolute Gasteiger partial charge is 0.109 e. The van der Waals surface area contributed by atoms with Gasteiger partial charge in [0.05, 0.1) is 0 Å². The topological polar surface area (TPSA) is 26.7 Å². The molecule has 2 atom stereocenters. The summed E-state index contributed by atoms with van der Waals surface area (Å²) < 4.78 is 2.49. The van der Waals surface area contributed by atoms with Crippen LogP contribution in [-0.4, -0.2) is 53.0 Å². The summed E-state index contributed by atoms with van der Waals surface area (Å²) in [5.74, 6) is 0.338. The van der Waals surface area contributed by atoms with E-state index < -0.39 is 0 Å². The summed E-state index contributed by atoms with van der Waals surface area (Å²) in [4.78, 5) is 2.29. The molecule has 3 nitrogen and oxygen atoms in total. The second kappa shape index (κ2) is 5.47. The maximum Gasteiger partial charge on any atom is 0.109 e. The summed E-state index contributed by atoms with van der Waals surface area (Å²) >= 11 is 1.87. The maximum absolute atomic E-state index is 10.2. The lowest BCUT2D eigenvalue weighted by Crippen LogP contribution is -2.44. The standard InChI is InChI=1S/C13H26N2OS/c1-11(2)12(16)14-8-6-13(9-14)5-4-7-15(10-13)17-3/h11-12,16H,4-10H2,1-3H3. The molecule has 1 spiro atoms. The molecule has 2 heterocycles. The van der Waals surface area contributed by atoms with Gasteiger partial charge in [-0.15, -0.1) is 0 Å². The molecule has 2 fully saturated rings. The fourth-order valence-electron chi connectivity index (χ4n) is 3.27. The first-order valence-corrected chi connectivity index (χ1v) is 7.96. The first kappa shape index (κ1) is 13.7. The van der Waals surface area contributed by atoms with E-state index in [1.165, 1.54) is 32.4 Å². The Balaban J connectivity index is 1.95. The molecule has 0 aliphatic carbocycles. The normalized spacial score (nSPS) is 33.7. The number of hydrogen-bond donors (Lipinski definition) is 1. The van der Waals surface area contributed by atoms with Crippen molar-refractivity contribution in [1.29, 1.82) is 0 Å². The summed E-state index contributed by atoms with van der Waals surface area (Å²) in [5, 5.41) is 10.2. The van der Waals surface area contributed by atoms with Crippen molar-refractivity contribution in [3.05, 3.63) is 0 Å². The number of rotatable bonds is 3. The zero-order chi connectivity index (χ0) is 12.5. The number of aliphatic hydroxyl groups is 1. The molecule has 0 saturated carbocycles. The van der Waals surface area contributed by atoms with E-state index in [-0.39, 0.29) is 6.23 Å². The summed E-state index contributed by atoms with van der Waals surface area (Å²) in [6.45, 7) is 8.80. The first-order chi connectivity index (χ1) is 8.06. The summed E-state index contributed by atoms with van der Waals surface area (Å²) in [5.41, 5.74) is 0.455. The van der Waals surface area contributed by atoms with E-state index in [2.05, 4.69) is 29.3 Å². The molecule has 0 bridgehead atoms. The first-order valence-electron chi connectivity index (χ1n) is 6.77. The van der Waals surface area contributed by atoms with Gasteiger partial charge in [0, 0.05) is 26.2 Å². The minimum atomic E-state index is -0.251. The van der Waals surface area contributed by atoms with E-state index >= 15 is 0 Å². The Morgan fingerprint density at radius 2 is 1.94 bits per heavy atom. The molecule has 1 N–H and O–H groups in total. The van der Waals surface area contributed by atoms with Gasteiger partial charge in [0.25, 0.3) is 0 Å². The number of hydrogen-bond acceptors (Lipinski definition) is 4. The Morgan fingerprint density at radius 3 is 2.59 bits per heavy atom. The highest BCUT2D eigenvalue weighted by atomic mass is 32.2. The average molecular weight is 258 g/mol.